The van der Waals surface area contributed by atoms with Crippen molar-refractivity contribution in [1.82, 2.24) is 15.3 Å². The summed E-state index contributed by atoms with van der Waals surface area (Å²) in [7, 11) is 0. The Morgan fingerprint density at radius 3 is 2.69 bits per heavy atom. The topological polar surface area (TPSA) is 84.1 Å². The van der Waals surface area contributed by atoms with Crippen molar-refractivity contribution in [2.45, 2.75) is 33.9 Å². The summed E-state index contributed by atoms with van der Waals surface area (Å²) in [5.41, 5.74) is 3.99. The maximum atomic E-state index is 12.8. The Bertz CT molecular complexity index is 1090. The van der Waals surface area contributed by atoms with Crippen LogP contribution >= 0.6 is 15.9 Å². The first-order valence-electron chi connectivity index (χ1n) is 9.15. The number of halogens is 1. The van der Waals surface area contributed by atoms with Gasteiger partial charge in [-0.1, -0.05) is 22.0 Å². The lowest BCUT2D eigenvalue weighted by Gasteiger charge is -2.14. The average Bonchev–Trinajstić information content (AvgIpc) is 2.68. The Labute approximate surface area is 177 Å². The second-order valence-electron chi connectivity index (χ2n) is 6.81. The summed E-state index contributed by atoms with van der Waals surface area (Å²) in [6.07, 6.45) is 1.71. The van der Waals surface area contributed by atoms with Crippen molar-refractivity contribution < 1.29 is 9.53 Å². The van der Waals surface area contributed by atoms with Crippen molar-refractivity contribution >= 4 is 21.8 Å². The van der Waals surface area contributed by atoms with Gasteiger partial charge in [0.2, 0.25) is 0 Å². The second-order valence-corrected chi connectivity index (χ2v) is 7.73. The minimum atomic E-state index is -0.272. The molecule has 0 bridgehead atoms. The molecule has 29 heavy (non-hydrogen) atoms. The lowest BCUT2D eigenvalue weighted by molar-refractivity contribution is 0.0949. The zero-order valence-electron chi connectivity index (χ0n) is 16.5. The summed E-state index contributed by atoms with van der Waals surface area (Å²) in [6, 6.07) is 11.1. The molecule has 1 amide bonds. The van der Waals surface area contributed by atoms with Crippen LogP contribution in [0.25, 0.3) is 0 Å². The summed E-state index contributed by atoms with van der Waals surface area (Å²) in [5.74, 6) is 0.324. The van der Waals surface area contributed by atoms with Gasteiger partial charge in [0.1, 0.15) is 12.4 Å². The largest absolute Gasteiger partial charge is 0.487 e. The summed E-state index contributed by atoms with van der Waals surface area (Å²) in [6.45, 7) is 5.97. The van der Waals surface area contributed by atoms with Gasteiger partial charge in [0.05, 0.1) is 5.69 Å². The number of benzene rings is 1. The maximum absolute atomic E-state index is 12.8. The highest BCUT2D eigenvalue weighted by atomic mass is 79.9. The molecule has 1 aromatic carbocycles. The molecule has 6 nitrogen and oxygen atoms in total. The fourth-order valence-electron chi connectivity index (χ4n) is 3.04. The van der Waals surface area contributed by atoms with E-state index in [-0.39, 0.29) is 18.0 Å². The highest BCUT2D eigenvalue weighted by molar-refractivity contribution is 9.10. The minimum Gasteiger partial charge on any atom is -0.487 e. The number of H-pyrrole nitrogens is 1. The lowest BCUT2D eigenvalue weighted by atomic mass is 10.1. The van der Waals surface area contributed by atoms with Gasteiger partial charge < -0.3 is 15.0 Å². The zero-order valence-corrected chi connectivity index (χ0v) is 18.1. The van der Waals surface area contributed by atoms with E-state index in [1.54, 1.807) is 12.3 Å². The third kappa shape index (κ3) is 5.12. The molecule has 0 unspecified atom stereocenters. The maximum Gasteiger partial charge on any atom is 0.253 e. The molecule has 2 N–H and O–H groups in total. The molecule has 0 aliphatic carbocycles. The molecule has 2 heterocycles. The molecule has 0 fully saturated rings. The van der Waals surface area contributed by atoms with Crippen LogP contribution in [0, 0.1) is 20.8 Å². The van der Waals surface area contributed by atoms with Gasteiger partial charge in [-0.15, -0.1) is 0 Å². The molecule has 0 saturated heterocycles. The molecular formula is C22H22BrN3O3. The summed E-state index contributed by atoms with van der Waals surface area (Å²) in [4.78, 5) is 32.0. The normalized spacial score (nSPS) is 10.6. The van der Waals surface area contributed by atoms with E-state index in [2.05, 4.69) is 31.2 Å². The number of ether oxygens (including phenoxy) is 1. The van der Waals surface area contributed by atoms with E-state index in [9.17, 15) is 9.59 Å². The zero-order chi connectivity index (χ0) is 21.0. The summed E-state index contributed by atoms with van der Waals surface area (Å²) >= 11 is 3.44. The first-order valence-corrected chi connectivity index (χ1v) is 9.95. The standard InChI is InChI=1S/C22H22BrN3O3/c1-13-8-14(2)26-22(28)19(13)11-25-21(27)18-9-16(23)10-20(15(18)3)29-12-17-6-4-5-7-24-17/h4-10H,11-12H2,1-3H3,(H,25,27)(H,26,28). The van der Waals surface area contributed by atoms with E-state index >= 15 is 0 Å². The number of carbonyl (C=O) groups is 1. The molecule has 0 radical (unpaired) electrons. The number of aromatic amines is 1. The van der Waals surface area contributed by atoms with Crippen LogP contribution in [-0.2, 0) is 13.2 Å². The SMILES string of the molecule is Cc1cc(C)c(CNC(=O)c2cc(Br)cc(OCc3ccccn3)c2C)c(=O)[nH]1. The number of amides is 1. The summed E-state index contributed by atoms with van der Waals surface area (Å²) in [5, 5.41) is 2.84. The lowest BCUT2D eigenvalue weighted by Crippen LogP contribution is -2.28. The summed E-state index contributed by atoms with van der Waals surface area (Å²) < 4.78 is 6.61. The van der Waals surface area contributed by atoms with Gasteiger partial charge in [0, 0.05) is 39.6 Å². The van der Waals surface area contributed by atoms with Gasteiger partial charge in [-0.3, -0.25) is 14.6 Å². The third-order valence-corrected chi connectivity index (χ3v) is 5.05. The molecule has 3 aromatic rings. The Balaban J connectivity index is 1.77. The Morgan fingerprint density at radius 1 is 1.21 bits per heavy atom. The molecule has 0 atom stereocenters. The van der Waals surface area contributed by atoms with Crippen LogP contribution in [0.15, 0.2) is 51.9 Å². The molecule has 0 saturated carbocycles. The second kappa shape index (κ2) is 9.05. The first-order chi connectivity index (χ1) is 13.8. The molecule has 150 valence electrons. The van der Waals surface area contributed by atoms with E-state index in [4.69, 9.17) is 4.74 Å². The monoisotopic (exact) mass is 455 g/mol. The van der Waals surface area contributed by atoms with E-state index < -0.39 is 0 Å². The van der Waals surface area contributed by atoms with E-state index in [0.717, 1.165) is 27.0 Å². The van der Waals surface area contributed by atoms with Gasteiger partial charge in [-0.25, -0.2) is 0 Å². The van der Waals surface area contributed by atoms with Crippen LogP contribution < -0.4 is 15.6 Å². The number of rotatable bonds is 6. The first kappa shape index (κ1) is 20.8. The predicted molar refractivity (Wildman–Crippen MR) is 115 cm³/mol. The fourth-order valence-corrected chi connectivity index (χ4v) is 3.48. The molecule has 3 rings (SSSR count). The van der Waals surface area contributed by atoms with Gasteiger partial charge >= 0.3 is 0 Å². The number of hydrogen-bond donors (Lipinski definition) is 2. The van der Waals surface area contributed by atoms with Crippen molar-refractivity contribution in [3.05, 3.63) is 91.1 Å². The number of nitrogens with zero attached hydrogens (tertiary/aromatic N) is 1. The molecule has 0 aliphatic rings. The molecule has 7 heteroatoms. The van der Waals surface area contributed by atoms with Gasteiger partial charge in [0.15, 0.2) is 0 Å². The van der Waals surface area contributed by atoms with E-state index in [1.807, 2.05) is 51.1 Å². The number of nitrogens with one attached hydrogen (secondary N) is 2. The quantitative estimate of drug-likeness (QED) is 0.588. The van der Waals surface area contributed by atoms with Crippen LogP contribution in [0.3, 0.4) is 0 Å². The minimum absolute atomic E-state index is 0.149. The van der Waals surface area contributed by atoms with Gasteiger partial charge in [-0.2, -0.15) is 0 Å². The van der Waals surface area contributed by atoms with Gasteiger partial charge in [0.25, 0.3) is 11.5 Å². The smallest absolute Gasteiger partial charge is 0.253 e. The molecule has 2 aromatic heterocycles. The van der Waals surface area contributed by atoms with Crippen LogP contribution in [-0.4, -0.2) is 15.9 Å². The van der Waals surface area contributed by atoms with Crippen molar-refractivity contribution in [2.24, 2.45) is 0 Å². The Morgan fingerprint density at radius 2 is 2.00 bits per heavy atom. The van der Waals surface area contributed by atoms with Crippen molar-refractivity contribution in [3.63, 3.8) is 0 Å². The van der Waals surface area contributed by atoms with Crippen molar-refractivity contribution in [2.75, 3.05) is 0 Å². The van der Waals surface area contributed by atoms with E-state index in [1.165, 1.54) is 0 Å². The number of carbonyl (C=O) groups excluding carboxylic acids is 1. The third-order valence-electron chi connectivity index (χ3n) is 4.59. The fraction of sp³-hybridized carbons (Fsp3) is 0.227. The molecule has 0 spiro atoms. The number of pyridine rings is 2. The Kier molecular flexibility index (Phi) is 6.49. The molecular weight excluding hydrogens is 434 g/mol. The van der Waals surface area contributed by atoms with Crippen LogP contribution in [0.1, 0.15) is 38.4 Å². The highest BCUT2D eigenvalue weighted by Gasteiger charge is 2.16. The Hall–Kier alpha value is -2.93. The van der Waals surface area contributed by atoms with Crippen LogP contribution in [0.2, 0.25) is 0 Å². The van der Waals surface area contributed by atoms with Crippen molar-refractivity contribution in [3.8, 4) is 5.75 Å². The average molecular weight is 456 g/mol. The predicted octanol–water partition coefficient (Wildman–Crippen LogP) is 3.97. The van der Waals surface area contributed by atoms with Crippen molar-refractivity contribution in [1.29, 1.82) is 0 Å². The number of aromatic nitrogens is 2. The molecule has 0 aliphatic heterocycles. The van der Waals surface area contributed by atoms with Gasteiger partial charge in [-0.05, 0) is 56.7 Å². The highest BCUT2D eigenvalue weighted by Crippen LogP contribution is 2.28. The number of aryl methyl sites for hydroxylation is 2. The van der Waals surface area contributed by atoms with E-state index in [0.29, 0.717) is 23.5 Å². The van der Waals surface area contributed by atoms with Crippen LogP contribution in [0.4, 0.5) is 0 Å². The number of hydrogen-bond acceptors (Lipinski definition) is 4. The van der Waals surface area contributed by atoms with Crippen LogP contribution in [0.5, 0.6) is 5.75 Å².